The fourth-order valence-electron chi connectivity index (χ4n) is 1.55. The number of amides is 1. The minimum atomic E-state index is -0.127. The Balaban J connectivity index is 1.94. The van der Waals surface area contributed by atoms with Crippen LogP contribution in [0.5, 0.6) is 0 Å². The number of nitrogen functional groups attached to an aromatic ring is 1. The number of hydrogen-bond acceptors (Lipinski definition) is 6. The summed E-state index contributed by atoms with van der Waals surface area (Å²) in [5, 5.41) is 6.84. The fourth-order valence-corrected chi connectivity index (χ4v) is 2.28. The van der Waals surface area contributed by atoms with Crippen molar-refractivity contribution in [3.63, 3.8) is 0 Å². The molecule has 0 unspecified atom stereocenters. The molecule has 1 aliphatic rings. The highest BCUT2D eigenvalue weighted by atomic mass is 32.1. The zero-order valence-electron chi connectivity index (χ0n) is 10.4. The highest BCUT2D eigenvalue weighted by Crippen LogP contribution is 2.28. The number of nitrogens with two attached hydrogens (primary N) is 1. The van der Waals surface area contributed by atoms with Crippen molar-refractivity contribution in [3.05, 3.63) is 5.56 Å². The summed E-state index contributed by atoms with van der Waals surface area (Å²) in [6.07, 6.45) is 2.98. The van der Waals surface area contributed by atoms with Gasteiger partial charge in [0.15, 0.2) is 5.82 Å². The van der Waals surface area contributed by atoms with Crippen molar-refractivity contribution < 1.29 is 9.53 Å². The SMILES string of the molecule is COCCCNc1snc(N)c1C(=O)NC1CC1. The fraction of sp³-hybridized carbons (Fsp3) is 0.636. The summed E-state index contributed by atoms with van der Waals surface area (Å²) in [6.45, 7) is 1.42. The molecular formula is C11H18N4O2S. The smallest absolute Gasteiger partial charge is 0.258 e. The number of ether oxygens (including phenoxy) is 1. The Kier molecular flexibility index (Phi) is 4.38. The van der Waals surface area contributed by atoms with Crippen molar-refractivity contribution in [2.45, 2.75) is 25.3 Å². The number of carbonyl (C=O) groups is 1. The molecule has 18 heavy (non-hydrogen) atoms. The molecule has 2 rings (SSSR count). The molecule has 6 nitrogen and oxygen atoms in total. The van der Waals surface area contributed by atoms with Crippen LogP contribution in [0.2, 0.25) is 0 Å². The average Bonchev–Trinajstić information content (AvgIpc) is 3.07. The van der Waals surface area contributed by atoms with Gasteiger partial charge in [-0.15, -0.1) is 0 Å². The molecule has 1 fully saturated rings. The molecule has 1 saturated carbocycles. The lowest BCUT2D eigenvalue weighted by molar-refractivity contribution is 0.0953. The molecule has 0 aliphatic heterocycles. The second-order valence-electron chi connectivity index (χ2n) is 4.29. The maximum atomic E-state index is 12.0. The molecule has 1 heterocycles. The Labute approximate surface area is 110 Å². The first-order valence-electron chi connectivity index (χ1n) is 6.01. The van der Waals surface area contributed by atoms with E-state index in [0.717, 1.165) is 30.8 Å². The van der Waals surface area contributed by atoms with E-state index in [9.17, 15) is 4.79 Å². The monoisotopic (exact) mass is 270 g/mol. The van der Waals surface area contributed by atoms with Gasteiger partial charge in [0.1, 0.15) is 10.6 Å². The van der Waals surface area contributed by atoms with Gasteiger partial charge in [-0.25, -0.2) is 0 Å². The summed E-state index contributed by atoms with van der Waals surface area (Å²) < 4.78 is 9.00. The normalized spacial score (nSPS) is 14.5. The van der Waals surface area contributed by atoms with Crippen LogP contribution in [0.25, 0.3) is 0 Å². The van der Waals surface area contributed by atoms with Crippen molar-refractivity contribution in [1.29, 1.82) is 0 Å². The van der Waals surface area contributed by atoms with Crippen LogP contribution in [-0.4, -0.2) is 36.6 Å². The van der Waals surface area contributed by atoms with Gasteiger partial charge in [0.2, 0.25) is 0 Å². The third-order valence-electron chi connectivity index (χ3n) is 2.67. The molecule has 100 valence electrons. The highest BCUT2D eigenvalue weighted by molar-refractivity contribution is 7.11. The van der Waals surface area contributed by atoms with Crippen LogP contribution >= 0.6 is 11.5 Å². The van der Waals surface area contributed by atoms with Crippen LogP contribution in [0.3, 0.4) is 0 Å². The van der Waals surface area contributed by atoms with E-state index in [2.05, 4.69) is 15.0 Å². The number of hydrogen-bond donors (Lipinski definition) is 3. The minimum absolute atomic E-state index is 0.127. The number of carbonyl (C=O) groups excluding carboxylic acids is 1. The third kappa shape index (κ3) is 3.33. The molecule has 4 N–H and O–H groups in total. The van der Waals surface area contributed by atoms with Crippen LogP contribution < -0.4 is 16.4 Å². The van der Waals surface area contributed by atoms with E-state index in [0.29, 0.717) is 24.0 Å². The molecule has 0 spiro atoms. The van der Waals surface area contributed by atoms with E-state index < -0.39 is 0 Å². The van der Waals surface area contributed by atoms with Crippen molar-refractivity contribution in [2.24, 2.45) is 0 Å². The standard InChI is InChI=1S/C11H18N4O2S/c1-17-6-2-5-13-11-8(9(12)15-18-11)10(16)14-7-3-4-7/h7,13H,2-6H2,1H3,(H2,12,15)(H,14,16). The second kappa shape index (κ2) is 6.01. The third-order valence-corrected chi connectivity index (χ3v) is 3.49. The number of rotatable bonds is 7. The van der Waals surface area contributed by atoms with Crippen LogP contribution in [0.1, 0.15) is 29.6 Å². The molecule has 1 aromatic heterocycles. The molecule has 1 aliphatic carbocycles. The predicted molar refractivity (Wildman–Crippen MR) is 72.0 cm³/mol. The Morgan fingerprint density at radius 2 is 2.39 bits per heavy atom. The molecule has 1 aromatic rings. The van der Waals surface area contributed by atoms with Crippen molar-refractivity contribution in [1.82, 2.24) is 9.69 Å². The molecule has 0 atom stereocenters. The number of anilines is 2. The van der Waals surface area contributed by atoms with Gasteiger partial charge in [0.25, 0.3) is 5.91 Å². The van der Waals surface area contributed by atoms with E-state index in [1.165, 1.54) is 11.5 Å². The lowest BCUT2D eigenvalue weighted by Gasteiger charge is -2.07. The zero-order chi connectivity index (χ0) is 13.0. The molecule has 0 aromatic carbocycles. The number of methoxy groups -OCH3 is 1. The lowest BCUT2D eigenvalue weighted by Crippen LogP contribution is -2.26. The Morgan fingerprint density at radius 1 is 1.61 bits per heavy atom. The molecule has 7 heteroatoms. The number of aromatic nitrogens is 1. The summed E-state index contributed by atoms with van der Waals surface area (Å²) in [6, 6.07) is 0.318. The van der Waals surface area contributed by atoms with Crippen LogP contribution in [0, 0.1) is 0 Å². The molecular weight excluding hydrogens is 252 g/mol. The summed E-state index contributed by atoms with van der Waals surface area (Å²) in [5.41, 5.74) is 6.22. The number of nitrogens with zero attached hydrogens (tertiary/aromatic N) is 1. The first-order chi connectivity index (χ1) is 8.72. The van der Waals surface area contributed by atoms with Gasteiger partial charge >= 0.3 is 0 Å². The van der Waals surface area contributed by atoms with Crippen LogP contribution in [0.15, 0.2) is 0 Å². The highest BCUT2D eigenvalue weighted by Gasteiger charge is 2.27. The topological polar surface area (TPSA) is 89.3 Å². The van der Waals surface area contributed by atoms with Gasteiger partial charge in [0, 0.05) is 26.3 Å². The van der Waals surface area contributed by atoms with Gasteiger partial charge in [-0.3, -0.25) is 4.79 Å². The molecule has 1 amide bonds. The molecule has 0 bridgehead atoms. The summed E-state index contributed by atoms with van der Waals surface area (Å²) in [5.74, 6) is 0.172. The number of nitrogens with one attached hydrogen (secondary N) is 2. The summed E-state index contributed by atoms with van der Waals surface area (Å²) in [7, 11) is 1.67. The van der Waals surface area contributed by atoms with Gasteiger partial charge in [-0.2, -0.15) is 4.37 Å². The maximum absolute atomic E-state index is 12.0. The molecule has 0 saturated heterocycles. The average molecular weight is 270 g/mol. The first-order valence-corrected chi connectivity index (χ1v) is 6.78. The Bertz CT molecular complexity index is 417. The van der Waals surface area contributed by atoms with E-state index in [1.807, 2.05) is 0 Å². The maximum Gasteiger partial charge on any atom is 0.258 e. The summed E-state index contributed by atoms with van der Waals surface area (Å²) >= 11 is 1.22. The van der Waals surface area contributed by atoms with E-state index in [1.54, 1.807) is 7.11 Å². The van der Waals surface area contributed by atoms with Gasteiger partial charge in [0.05, 0.1) is 0 Å². The van der Waals surface area contributed by atoms with Gasteiger partial charge < -0.3 is 21.1 Å². The van der Waals surface area contributed by atoms with Crippen molar-refractivity contribution >= 4 is 28.3 Å². The van der Waals surface area contributed by atoms with E-state index in [-0.39, 0.29) is 5.91 Å². The lowest BCUT2D eigenvalue weighted by atomic mass is 10.3. The quantitative estimate of drug-likeness (QED) is 0.645. The largest absolute Gasteiger partial charge is 0.385 e. The van der Waals surface area contributed by atoms with Crippen LogP contribution in [0.4, 0.5) is 10.8 Å². The summed E-state index contributed by atoms with van der Waals surface area (Å²) in [4.78, 5) is 12.0. The van der Waals surface area contributed by atoms with Gasteiger partial charge in [-0.05, 0) is 30.8 Å². The Hall–Kier alpha value is -1.34. The molecule has 0 radical (unpaired) electrons. The predicted octanol–water partition coefficient (Wildman–Crippen LogP) is 1.07. The van der Waals surface area contributed by atoms with Crippen molar-refractivity contribution in [2.75, 3.05) is 31.3 Å². The van der Waals surface area contributed by atoms with Crippen molar-refractivity contribution in [3.8, 4) is 0 Å². The Morgan fingerprint density at radius 3 is 3.06 bits per heavy atom. The zero-order valence-corrected chi connectivity index (χ0v) is 11.2. The van der Waals surface area contributed by atoms with Crippen LogP contribution in [-0.2, 0) is 4.74 Å². The van der Waals surface area contributed by atoms with E-state index in [4.69, 9.17) is 10.5 Å². The second-order valence-corrected chi connectivity index (χ2v) is 5.07. The first kappa shape index (κ1) is 13.1. The minimum Gasteiger partial charge on any atom is -0.385 e. The van der Waals surface area contributed by atoms with E-state index >= 15 is 0 Å². The van der Waals surface area contributed by atoms with Gasteiger partial charge in [-0.1, -0.05) is 0 Å².